The van der Waals surface area contributed by atoms with Crippen molar-refractivity contribution < 1.29 is 33.7 Å². The second-order valence-corrected chi connectivity index (χ2v) is 19.5. The van der Waals surface area contributed by atoms with Gasteiger partial charge in [-0.2, -0.15) is 0 Å². The van der Waals surface area contributed by atoms with Gasteiger partial charge in [-0.25, -0.2) is 0 Å². The van der Waals surface area contributed by atoms with Crippen LogP contribution in [-0.2, 0) is 28.6 Å². The van der Waals surface area contributed by atoms with Crippen molar-refractivity contribution in [2.45, 2.75) is 182 Å². The van der Waals surface area contributed by atoms with Gasteiger partial charge in [0.15, 0.2) is 0 Å². The first-order valence-electron chi connectivity index (χ1n) is 18.5. The molecular formula is C39H65NO7. The Morgan fingerprint density at radius 3 is 2.04 bits per heavy atom. The van der Waals surface area contributed by atoms with E-state index in [1.165, 1.54) is 0 Å². The van der Waals surface area contributed by atoms with Crippen LogP contribution in [0, 0.1) is 45.3 Å². The monoisotopic (exact) mass is 659 g/mol. The topological polar surface area (TPSA) is 111 Å². The van der Waals surface area contributed by atoms with Crippen LogP contribution in [0.2, 0.25) is 0 Å². The van der Waals surface area contributed by atoms with Crippen molar-refractivity contribution in [1.29, 1.82) is 0 Å². The normalized spacial score (nSPS) is 44.5. The molecule has 11 atom stereocenters. The number of fused-ring (bicyclic) bond motifs is 5. The number of hydrogen-bond acceptors (Lipinski definition) is 7. The summed E-state index contributed by atoms with van der Waals surface area (Å²) in [5.74, 6) is 0.108. The Morgan fingerprint density at radius 2 is 1.47 bits per heavy atom. The average molecular weight is 660 g/mol. The molecule has 0 spiro atoms. The molecule has 8 heteroatoms. The van der Waals surface area contributed by atoms with Crippen molar-refractivity contribution in [2.24, 2.45) is 45.3 Å². The molecule has 1 heterocycles. The van der Waals surface area contributed by atoms with E-state index in [0.29, 0.717) is 11.8 Å². The molecule has 1 saturated heterocycles. The number of ether oxygens (including phenoxy) is 3. The highest BCUT2D eigenvalue weighted by Crippen LogP contribution is 2.76. The minimum atomic E-state index is -0.898. The van der Waals surface area contributed by atoms with E-state index < -0.39 is 17.1 Å². The largest absolute Gasteiger partial charge is 0.462 e. The van der Waals surface area contributed by atoms with Gasteiger partial charge in [0.05, 0.1) is 17.3 Å². The van der Waals surface area contributed by atoms with Gasteiger partial charge in [-0.3, -0.25) is 14.4 Å². The third-order valence-electron chi connectivity index (χ3n) is 14.6. The molecule has 5 aliphatic rings. The standard InChI is InChI=1S/C39H65NO7/c1-23(41)45-25-21-27-36(9)17-15-28(46-31(43)22-30(42)40-33(2,3)4)34(5,6)26(36)14-19-37(27,10)38(11)18-13-24(32(25)38)39(12)20-16-29(47-39)35(7,8)44/h24-29,32,44H,13-22H2,1-12H3,(H,40,42)/t24-,25+,26-,27+,28+,29+,32-,36-,37+,38+,39-/m0/s1. The smallest absolute Gasteiger partial charge is 0.315 e. The highest BCUT2D eigenvalue weighted by molar-refractivity contribution is 5.94. The first kappa shape index (κ1) is 36.6. The van der Waals surface area contributed by atoms with Gasteiger partial charge in [-0.05, 0) is 133 Å². The molecule has 268 valence electrons. The van der Waals surface area contributed by atoms with Crippen molar-refractivity contribution >= 4 is 17.8 Å². The Balaban J connectivity index is 1.41. The molecule has 0 aromatic heterocycles. The molecule has 47 heavy (non-hydrogen) atoms. The molecule has 0 unspecified atom stereocenters. The highest BCUT2D eigenvalue weighted by Gasteiger charge is 2.72. The Bertz CT molecular complexity index is 1250. The van der Waals surface area contributed by atoms with E-state index >= 15 is 0 Å². The van der Waals surface area contributed by atoms with E-state index in [9.17, 15) is 19.5 Å². The third kappa shape index (κ3) is 6.18. The fraction of sp³-hybridized carbons (Fsp3) is 0.923. The summed E-state index contributed by atoms with van der Waals surface area (Å²) in [6, 6.07) is 0. The first-order valence-corrected chi connectivity index (χ1v) is 18.5. The predicted molar refractivity (Wildman–Crippen MR) is 181 cm³/mol. The van der Waals surface area contributed by atoms with Crippen LogP contribution in [0.4, 0.5) is 0 Å². The summed E-state index contributed by atoms with van der Waals surface area (Å²) >= 11 is 0. The first-order chi connectivity index (χ1) is 21.4. The maximum Gasteiger partial charge on any atom is 0.315 e. The minimum Gasteiger partial charge on any atom is -0.462 e. The molecular weight excluding hydrogens is 594 g/mol. The van der Waals surface area contributed by atoms with Gasteiger partial charge in [0.2, 0.25) is 5.91 Å². The van der Waals surface area contributed by atoms with E-state index in [1.807, 2.05) is 34.6 Å². The summed E-state index contributed by atoms with van der Waals surface area (Å²) in [7, 11) is 0. The van der Waals surface area contributed by atoms with Crippen molar-refractivity contribution in [3.8, 4) is 0 Å². The van der Waals surface area contributed by atoms with E-state index in [1.54, 1.807) is 6.92 Å². The number of rotatable bonds is 6. The van der Waals surface area contributed by atoms with Crippen LogP contribution in [0.25, 0.3) is 0 Å². The maximum absolute atomic E-state index is 13.0. The molecule has 0 radical (unpaired) electrons. The van der Waals surface area contributed by atoms with Crippen molar-refractivity contribution in [1.82, 2.24) is 5.32 Å². The SMILES string of the molecule is CC(=O)O[C@@H]1C[C@@H]2[C@@]3(C)CC[C@@H](OC(=O)CC(=O)NC(C)(C)C)C(C)(C)[C@@H]3CC[C@@]2(C)[C@]2(C)CC[C@H]([C@]3(C)CC[C@H](C(C)(C)O)O3)[C@@H]12. The molecule has 5 rings (SSSR count). The molecule has 0 aromatic carbocycles. The lowest BCUT2D eigenvalue weighted by molar-refractivity contribution is -0.254. The summed E-state index contributed by atoms with van der Waals surface area (Å²) in [6.45, 7) is 25.2. The van der Waals surface area contributed by atoms with Gasteiger partial charge < -0.3 is 24.6 Å². The predicted octanol–water partition coefficient (Wildman–Crippen LogP) is 7.14. The number of carbonyl (C=O) groups is 3. The van der Waals surface area contributed by atoms with Crippen molar-refractivity contribution in [2.75, 3.05) is 0 Å². The van der Waals surface area contributed by atoms with Crippen LogP contribution < -0.4 is 5.32 Å². The molecule has 1 amide bonds. The van der Waals surface area contributed by atoms with Crippen LogP contribution in [0.3, 0.4) is 0 Å². The lowest BCUT2D eigenvalue weighted by Crippen LogP contribution is -2.67. The van der Waals surface area contributed by atoms with Crippen LogP contribution >= 0.6 is 0 Å². The Kier molecular flexibility index (Phi) is 9.12. The van der Waals surface area contributed by atoms with Crippen LogP contribution in [0.1, 0.15) is 147 Å². The van der Waals surface area contributed by atoms with Gasteiger partial charge in [0, 0.05) is 23.8 Å². The molecule has 0 aromatic rings. The zero-order chi connectivity index (χ0) is 35.2. The summed E-state index contributed by atoms with van der Waals surface area (Å²) in [4.78, 5) is 38.2. The Labute approximate surface area is 284 Å². The average Bonchev–Trinajstić information content (AvgIpc) is 3.48. The Hall–Kier alpha value is -1.67. The number of esters is 2. The molecule has 0 bridgehead atoms. The third-order valence-corrected chi connectivity index (χ3v) is 14.6. The molecule has 8 nitrogen and oxygen atoms in total. The van der Waals surface area contributed by atoms with Crippen LogP contribution in [-0.4, -0.2) is 58.0 Å². The quantitative estimate of drug-likeness (QED) is 0.230. The van der Waals surface area contributed by atoms with Gasteiger partial charge in [-0.15, -0.1) is 0 Å². The van der Waals surface area contributed by atoms with Gasteiger partial charge in [-0.1, -0.05) is 34.6 Å². The summed E-state index contributed by atoms with van der Waals surface area (Å²) in [5.41, 5.74) is -1.96. The fourth-order valence-corrected chi connectivity index (χ4v) is 12.4. The zero-order valence-corrected chi connectivity index (χ0v) is 31.5. The Morgan fingerprint density at radius 1 is 0.830 bits per heavy atom. The highest BCUT2D eigenvalue weighted by atomic mass is 16.6. The van der Waals surface area contributed by atoms with Gasteiger partial charge in [0.1, 0.15) is 18.6 Å². The number of carbonyl (C=O) groups excluding carboxylic acids is 3. The van der Waals surface area contributed by atoms with Crippen molar-refractivity contribution in [3.05, 3.63) is 0 Å². The van der Waals surface area contributed by atoms with Crippen molar-refractivity contribution in [3.63, 3.8) is 0 Å². The van der Waals surface area contributed by atoms with E-state index in [-0.39, 0.29) is 75.7 Å². The van der Waals surface area contributed by atoms with E-state index in [2.05, 4.69) is 46.9 Å². The molecule has 4 aliphatic carbocycles. The van der Waals surface area contributed by atoms with E-state index in [0.717, 1.165) is 57.8 Å². The lowest BCUT2D eigenvalue weighted by Gasteiger charge is -2.70. The number of amides is 1. The maximum atomic E-state index is 13.0. The minimum absolute atomic E-state index is 0.0206. The number of aliphatic hydroxyl groups is 1. The fourth-order valence-electron chi connectivity index (χ4n) is 12.4. The second-order valence-electron chi connectivity index (χ2n) is 19.5. The lowest BCUT2D eigenvalue weighted by atomic mass is 9.35. The van der Waals surface area contributed by atoms with Crippen LogP contribution in [0.5, 0.6) is 0 Å². The second kappa shape index (κ2) is 11.7. The molecule has 1 aliphatic heterocycles. The van der Waals surface area contributed by atoms with E-state index in [4.69, 9.17) is 14.2 Å². The summed E-state index contributed by atoms with van der Waals surface area (Å²) in [5, 5.41) is 13.7. The molecule has 4 saturated carbocycles. The van der Waals surface area contributed by atoms with Gasteiger partial charge >= 0.3 is 11.9 Å². The number of hydrogen-bond donors (Lipinski definition) is 2. The molecule has 5 fully saturated rings. The number of nitrogens with one attached hydrogen (secondary N) is 1. The van der Waals surface area contributed by atoms with Crippen LogP contribution in [0.15, 0.2) is 0 Å². The molecule has 2 N–H and O–H groups in total. The summed E-state index contributed by atoms with van der Waals surface area (Å²) < 4.78 is 19.3. The summed E-state index contributed by atoms with van der Waals surface area (Å²) in [6.07, 6.45) is 7.56. The van der Waals surface area contributed by atoms with Gasteiger partial charge in [0.25, 0.3) is 0 Å². The zero-order valence-electron chi connectivity index (χ0n) is 31.5.